The van der Waals surface area contributed by atoms with E-state index in [1.807, 2.05) is 18.3 Å². The van der Waals surface area contributed by atoms with Gasteiger partial charge in [-0.15, -0.1) is 0 Å². The van der Waals surface area contributed by atoms with E-state index >= 15 is 0 Å². The number of phenolic OH excluding ortho intramolecular Hbond substituents is 1. The summed E-state index contributed by atoms with van der Waals surface area (Å²) in [5.41, 5.74) is 7.81. The molecule has 0 radical (unpaired) electrons. The Morgan fingerprint density at radius 3 is 2.41 bits per heavy atom. The fourth-order valence-corrected chi connectivity index (χ4v) is 5.32. The average molecular weight is 513 g/mol. The molecule has 0 unspecified atom stereocenters. The van der Waals surface area contributed by atoms with Gasteiger partial charge in [0.25, 0.3) is 0 Å². The lowest BCUT2D eigenvalue weighted by Crippen LogP contribution is -2.43. The van der Waals surface area contributed by atoms with Gasteiger partial charge in [-0.2, -0.15) is 0 Å². The van der Waals surface area contributed by atoms with Gasteiger partial charge in [-0.25, -0.2) is 0 Å². The van der Waals surface area contributed by atoms with Crippen molar-refractivity contribution in [2.24, 2.45) is 5.92 Å². The monoisotopic (exact) mass is 512 g/mol. The third-order valence-corrected chi connectivity index (χ3v) is 7.96. The van der Waals surface area contributed by atoms with Gasteiger partial charge in [0.05, 0.1) is 16.2 Å². The van der Waals surface area contributed by atoms with Crippen LogP contribution in [0.5, 0.6) is 5.75 Å². The molecule has 2 N–H and O–H groups in total. The standard InChI is InChI=1S/C31H33ClN4O/c1-35-12-14-36(15-13-35)20-22-4-8-26(9-5-22)34-31-25(16-21-2-3-21)19-33-29-10-6-23(17-27(29)31)24-7-11-30(37)28(32)18-24/h4-11,17-19,21,37H,2-3,12-16,20H2,1H3,(H,33,34). The quantitative estimate of drug-likeness (QED) is 0.288. The Labute approximate surface area is 223 Å². The van der Waals surface area contributed by atoms with Crippen LogP contribution in [-0.4, -0.2) is 53.1 Å². The Bertz CT molecular complexity index is 1410. The first-order valence-electron chi connectivity index (χ1n) is 13.2. The van der Waals surface area contributed by atoms with Gasteiger partial charge in [0.1, 0.15) is 5.75 Å². The molecule has 190 valence electrons. The second-order valence-electron chi connectivity index (χ2n) is 10.6. The van der Waals surface area contributed by atoms with Crippen LogP contribution in [-0.2, 0) is 13.0 Å². The first-order valence-corrected chi connectivity index (χ1v) is 13.6. The fraction of sp³-hybridized carbons (Fsp3) is 0.323. The molecule has 1 saturated heterocycles. The molecule has 0 amide bonds. The second kappa shape index (κ2) is 10.3. The molecular formula is C31H33ClN4O. The highest BCUT2D eigenvalue weighted by atomic mass is 35.5. The first kappa shape index (κ1) is 24.2. The Morgan fingerprint density at radius 2 is 1.68 bits per heavy atom. The van der Waals surface area contributed by atoms with Crippen LogP contribution in [0.25, 0.3) is 22.0 Å². The molecule has 2 aliphatic rings. The predicted molar refractivity (Wildman–Crippen MR) is 153 cm³/mol. The Morgan fingerprint density at radius 1 is 0.946 bits per heavy atom. The summed E-state index contributed by atoms with van der Waals surface area (Å²) >= 11 is 6.21. The van der Waals surface area contributed by atoms with Gasteiger partial charge in [-0.1, -0.05) is 35.9 Å². The summed E-state index contributed by atoms with van der Waals surface area (Å²) in [6.07, 6.45) is 5.68. The molecular weight excluding hydrogens is 480 g/mol. The Balaban J connectivity index is 1.31. The smallest absolute Gasteiger partial charge is 0.134 e. The van der Waals surface area contributed by atoms with Gasteiger partial charge in [-0.3, -0.25) is 9.88 Å². The van der Waals surface area contributed by atoms with E-state index in [1.54, 1.807) is 6.07 Å². The number of nitrogens with zero attached hydrogens (tertiary/aromatic N) is 3. The van der Waals surface area contributed by atoms with E-state index < -0.39 is 0 Å². The number of aromatic hydroxyl groups is 1. The highest BCUT2D eigenvalue weighted by Crippen LogP contribution is 2.39. The largest absolute Gasteiger partial charge is 0.506 e. The minimum absolute atomic E-state index is 0.0954. The zero-order valence-corrected chi connectivity index (χ0v) is 22.0. The van der Waals surface area contributed by atoms with Crippen molar-refractivity contribution in [1.82, 2.24) is 14.8 Å². The van der Waals surface area contributed by atoms with Gasteiger partial charge in [-0.05, 0) is 90.9 Å². The number of anilines is 2. The molecule has 0 bridgehead atoms. The molecule has 6 rings (SSSR count). The number of aromatic nitrogens is 1. The number of benzene rings is 3. The van der Waals surface area contributed by atoms with Crippen LogP contribution in [0.15, 0.2) is 66.9 Å². The van der Waals surface area contributed by atoms with Gasteiger partial charge >= 0.3 is 0 Å². The van der Waals surface area contributed by atoms with Crippen LogP contribution in [0.1, 0.15) is 24.0 Å². The number of piperazine rings is 1. The number of phenols is 1. The molecule has 2 fully saturated rings. The normalized spacial score (nSPS) is 16.8. The number of likely N-dealkylation sites (N-methyl/N-ethyl adjacent to an activating group) is 1. The third kappa shape index (κ3) is 5.59. The van der Waals surface area contributed by atoms with Crippen molar-refractivity contribution < 1.29 is 5.11 Å². The van der Waals surface area contributed by atoms with Crippen molar-refractivity contribution in [3.05, 3.63) is 83.0 Å². The van der Waals surface area contributed by atoms with E-state index in [0.717, 1.165) is 78.5 Å². The number of rotatable bonds is 7. The lowest BCUT2D eigenvalue weighted by Gasteiger charge is -2.32. The van der Waals surface area contributed by atoms with E-state index in [1.165, 1.54) is 24.0 Å². The van der Waals surface area contributed by atoms with Crippen molar-refractivity contribution in [3.63, 3.8) is 0 Å². The Kier molecular flexibility index (Phi) is 6.76. The molecule has 0 atom stereocenters. The number of hydrogen-bond acceptors (Lipinski definition) is 5. The highest BCUT2D eigenvalue weighted by molar-refractivity contribution is 6.32. The van der Waals surface area contributed by atoms with Crippen molar-refractivity contribution in [2.75, 3.05) is 38.5 Å². The maximum absolute atomic E-state index is 9.86. The van der Waals surface area contributed by atoms with Gasteiger partial charge in [0, 0.05) is 50.0 Å². The highest BCUT2D eigenvalue weighted by Gasteiger charge is 2.24. The average Bonchev–Trinajstić information content (AvgIpc) is 3.73. The fourth-order valence-electron chi connectivity index (χ4n) is 5.14. The van der Waals surface area contributed by atoms with Crippen molar-refractivity contribution in [1.29, 1.82) is 0 Å². The molecule has 1 aliphatic carbocycles. The Hall–Kier alpha value is -3.12. The van der Waals surface area contributed by atoms with Gasteiger partial charge in [0.15, 0.2) is 0 Å². The lowest BCUT2D eigenvalue weighted by molar-refractivity contribution is 0.148. The summed E-state index contributed by atoms with van der Waals surface area (Å²) < 4.78 is 0. The maximum Gasteiger partial charge on any atom is 0.134 e. The van der Waals surface area contributed by atoms with Crippen LogP contribution < -0.4 is 5.32 Å². The summed E-state index contributed by atoms with van der Waals surface area (Å²) in [7, 11) is 2.20. The van der Waals surface area contributed by atoms with Crippen molar-refractivity contribution >= 4 is 33.9 Å². The molecule has 3 aromatic carbocycles. The molecule has 2 heterocycles. The second-order valence-corrected chi connectivity index (χ2v) is 11.0. The number of pyridine rings is 1. The minimum atomic E-state index is 0.0954. The van der Waals surface area contributed by atoms with Gasteiger partial charge < -0.3 is 15.3 Å². The van der Waals surface area contributed by atoms with Crippen LogP contribution in [0.3, 0.4) is 0 Å². The molecule has 5 nitrogen and oxygen atoms in total. The van der Waals surface area contributed by atoms with Crippen LogP contribution >= 0.6 is 11.6 Å². The SMILES string of the molecule is CN1CCN(Cc2ccc(Nc3c(CC4CC4)cnc4ccc(-c5ccc(O)c(Cl)c5)cc34)cc2)CC1. The molecule has 4 aromatic rings. The van der Waals surface area contributed by atoms with E-state index in [2.05, 4.69) is 64.6 Å². The van der Waals surface area contributed by atoms with Crippen molar-refractivity contribution in [3.8, 4) is 16.9 Å². The topological polar surface area (TPSA) is 51.6 Å². The van der Waals surface area contributed by atoms with Crippen molar-refractivity contribution in [2.45, 2.75) is 25.8 Å². The van der Waals surface area contributed by atoms with Crippen LogP contribution in [0.2, 0.25) is 5.02 Å². The molecule has 1 aromatic heterocycles. The molecule has 6 heteroatoms. The first-order chi connectivity index (χ1) is 18.0. The zero-order valence-electron chi connectivity index (χ0n) is 21.3. The van der Waals surface area contributed by atoms with E-state index in [4.69, 9.17) is 16.6 Å². The summed E-state index contributed by atoms with van der Waals surface area (Å²) in [4.78, 5) is 9.72. The zero-order chi connectivity index (χ0) is 25.4. The van der Waals surface area contributed by atoms with Crippen LogP contribution in [0, 0.1) is 5.92 Å². The summed E-state index contributed by atoms with van der Waals surface area (Å²) in [6.45, 7) is 5.52. The van der Waals surface area contributed by atoms with Gasteiger partial charge in [0.2, 0.25) is 0 Å². The summed E-state index contributed by atoms with van der Waals surface area (Å²) in [5.74, 6) is 0.850. The van der Waals surface area contributed by atoms with E-state index in [9.17, 15) is 5.11 Å². The van der Waals surface area contributed by atoms with E-state index in [-0.39, 0.29) is 5.75 Å². The van der Waals surface area contributed by atoms with E-state index in [0.29, 0.717) is 5.02 Å². The molecule has 0 spiro atoms. The maximum atomic E-state index is 9.86. The molecule has 1 saturated carbocycles. The third-order valence-electron chi connectivity index (χ3n) is 7.66. The number of halogens is 1. The lowest BCUT2D eigenvalue weighted by atomic mass is 9.99. The summed E-state index contributed by atoms with van der Waals surface area (Å²) in [5, 5.41) is 15.1. The molecule has 1 aliphatic heterocycles. The number of hydrogen-bond donors (Lipinski definition) is 2. The number of nitrogens with one attached hydrogen (secondary N) is 1. The predicted octanol–water partition coefficient (Wildman–Crippen LogP) is 6.70. The minimum Gasteiger partial charge on any atom is -0.506 e. The van der Waals surface area contributed by atoms with Crippen LogP contribution in [0.4, 0.5) is 11.4 Å². The number of fused-ring (bicyclic) bond motifs is 1. The summed E-state index contributed by atoms with van der Waals surface area (Å²) in [6, 6.07) is 20.6. The molecule has 37 heavy (non-hydrogen) atoms.